The van der Waals surface area contributed by atoms with Gasteiger partial charge in [-0.1, -0.05) is 10.3 Å². The molecule has 14 nitrogen and oxygen atoms in total. The third kappa shape index (κ3) is 14.6. The van der Waals surface area contributed by atoms with Gasteiger partial charge in [-0.3, -0.25) is 0 Å². The molecule has 0 saturated carbocycles. The topological polar surface area (TPSA) is 234 Å². The number of anilines is 2. The van der Waals surface area contributed by atoms with E-state index in [0.717, 1.165) is 0 Å². The van der Waals surface area contributed by atoms with Crippen molar-refractivity contribution in [1.82, 2.24) is 9.97 Å². The molecule has 0 atom stereocenters. The van der Waals surface area contributed by atoms with Gasteiger partial charge in [0.1, 0.15) is 0 Å². The van der Waals surface area contributed by atoms with Crippen molar-refractivity contribution in [3.8, 4) is 0 Å². The van der Waals surface area contributed by atoms with Gasteiger partial charge in [-0.2, -0.15) is 0 Å². The van der Waals surface area contributed by atoms with Crippen LogP contribution >= 0.6 is 10.1 Å². The summed E-state index contributed by atoms with van der Waals surface area (Å²) in [6, 6.07) is 7.68. The van der Waals surface area contributed by atoms with Crippen LogP contribution in [0.3, 0.4) is 0 Å². The molecule has 37 heavy (non-hydrogen) atoms. The molecule has 206 valence electrons. The Bertz CT molecular complexity index is 1120. The van der Waals surface area contributed by atoms with Crippen molar-refractivity contribution in [2.24, 2.45) is 20.6 Å². The molecule has 2 rings (SSSR count). The van der Waals surface area contributed by atoms with E-state index in [1.54, 1.807) is 19.9 Å². The molecule has 1 heterocycles. The third-order valence-electron chi connectivity index (χ3n) is 4.02. The predicted molar refractivity (Wildman–Crippen MR) is 142 cm³/mol. The van der Waals surface area contributed by atoms with Crippen molar-refractivity contribution in [1.29, 1.82) is 0 Å². The first-order valence-electron chi connectivity index (χ1n) is 9.86. The number of halogens is 1. The van der Waals surface area contributed by atoms with Crippen LogP contribution in [-0.4, -0.2) is 51.6 Å². The van der Waals surface area contributed by atoms with Crippen molar-refractivity contribution in [2.75, 3.05) is 10.5 Å². The summed E-state index contributed by atoms with van der Waals surface area (Å²) in [6.07, 6.45) is 0. The maximum absolute atomic E-state index is 12.1. The molecule has 0 amide bonds. The van der Waals surface area contributed by atoms with Crippen LogP contribution in [0.25, 0.3) is 0 Å². The van der Waals surface area contributed by atoms with Crippen LogP contribution < -0.4 is 10.5 Å². The van der Waals surface area contributed by atoms with Crippen molar-refractivity contribution >= 4 is 54.7 Å². The number of aromatic nitrogens is 2. The fourth-order valence-electron chi connectivity index (χ4n) is 1.87. The molecular formula is C20H28ClCoN8O6S. The number of rotatable bonds is 5. The van der Waals surface area contributed by atoms with Crippen molar-refractivity contribution in [3.63, 3.8) is 0 Å². The van der Waals surface area contributed by atoms with E-state index in [9.17, 15) is 18.8 Å². The molecule has 0 aliphatic rings. The predicted octanol–water partition coefficient (Wildman–Crippen LogP) is 3.75. The van der Waals surface area contributed by atoms with E-state index in [1.165, 1.54) is 52.0 Å². The number of hydrogen-bond acceptors (Lipinski definition) is 13. The summed E-state index contributed by atoms with van der Waals surface area (Å²) in [5.74, 6) is 0.0642. The second-order valence-corrected chi connectivity index (χ2v) is 8.56. The Morgan fingerprint density at radius 1 is 0.892 bits per heavy atom. The van der Waals surface area contributed by atoms with Gasteiger partial charge in [-0.05, 0) is 71.9 Å². The molecule has 17 heteroatoms. The zero-order valence-corrected chi connectivity index (χ0v) is 23.4. The van der Waals surface area contributed by atoms with Gasteiger partial charge in [-0.15, -0.1) is 0 Å². The first-order valence-corrected chi connectivity index (χ1v) is 12.8. The van der Waals surface area contributed by atoms with Gasteiger partial charge in [0.05, 0.1) is 27.7 Å². The minimum absolute atomic E-state index is 0.0642. The van der Waals surface area contributed by atoms with Gasteiger partial charge < -0.3 is 36.9 Å². The summed E-state index contributed by atoms with van der Waals surface area (Å²) in [5.41, 5.74) is 8.32. The number of hydrogen-bond donors (Lipinski definition) is 4. The summed E-state index contributed by atoms with van der Waals surface area (Å²) >= 11 is 3.03. The van der Waals surface area contributed by atoms with Crippen LogP contribution in [-0.2, 0) is 24.9 Å². The van der Waals surface area contributed by atoms with Crippen molar-refractivity contribution in [3.05, 3.63) is 52.1 Å². The van der Waals surface area contributed by atoms with Crippen molar-refractivity contribution in [2.45, 2.75) is 46.4 Å². The molecule has 5 N–H and O–H groups in total. The first-order chi connectivity index (χ1) is 17.3. The molecule has 0 fully saturated rings. The van der Waals surface area contributed by atoms with Gasteiger partial charge in [0.15, 0.2) is 0 Å². The first kappa shape index (κ1) is 35.7. The molecule has 0 bridgehead atoms. The number of benzene rings is 1. The molecule has 0 saturated heterocycles. The molecule has 0 aliphatic heterocycles. The molecule has 0 unspecified atom stereocenters. The Labute approximate surface area is 227 Å². The fraction of sp³-hybridized carbons (Fsp3) is 0.300. The summed E-state index contributed by atoms with van der Waals surface area (Å²) in [6.45, 7) is 9.49. The number of nitrogens with zero attached hydrogens (tertiary/aromatic N) is 6. The van der Waals surface area contributed by atoms with E-state index in [2.05, 4.69) is 60.3 Å². The zero-order chi connectivity index (χ0) is 29.2. The molecule has 0 aliphatic carbocycles. The number of nitrogen functional groups attached to an aromatic ring is 1. The summed E-state index contributed by atoms with van der Waals surface area (Å²) in [7, 11) is 0.632. The average Bonchev–Trinajstić information content (AvgIpc) is 2.88. The molecule has 1 aromatic heterocycles. The zero-order valence-electron chi connectivity index (χ0n) is 20.8. The van der Waals surface area contributed by atoms with Crippen LogP contribution in [0, 0.1) is 24.3 Å². The quantitative estimate of drug-likeness (QED) is 0.168. The Kier molecular flexibility index (Phi) is 18.1. The van der Waals surface area contributed by atoms with E-state index in [-0.39, 0.29) is 33.7 Å². The molecule has 1 aromatic carbocycles. The van der Waals surface area contributed by atoms with E-state index in [4.69, 9.17) is 16.1 Å². The fourth-order valence-corrected chi connectivity index (χ4v) is 2.82. The van der Waals surface area contributed by atoms with E-state index in [0.29, 0.717) is 17.1 Å². The number of oxime groups is 2. The summed E-state index contributed by atoms with van der Waals surface area (Å²) in [4.78, 5) is 8.19. The van der Waals surface area contributed by atoms with Crippen LogP contribution in [0.4, 0.5) is 11.6 Å². The van der Waals surface area contributed by atoms with Crippen LogP contribution in [0.15, 0.2) is 55.9 Å². The van der Waals surface area contributed by atoms with Gasteiger partial charge in [0, 0.05) is 17.1 Å². The maximum atomic E-state index is 12.1. The second-order valence-electron chi connectivity index (χ2n) is 6.87. The summed E-state index contributed by atoms with van der Waals surface area (Å²) < 4.78 is 26.6. The van der Waals surface area contributed by atoms with E-state index in [1.807, 2.05) is 0 Å². The minimum atomic E-state index is -3.69. The van der Waals surface area contributed by atoms with E-state index < -0.39 is 10.0 Å². The average molecular weight is 603 g/mol. The van der Waals surface area contributed by atoms with Crippen LogP contribution in [0.1, 0.15) is 39.1 Å². The van der Waals surface area contributed by atoms with Gasteiger partial charge in [-0.25, -0.2) is 23.1 Å². The molecule has 0 radical (unpaired) electrons. The van der Waals surface area contributed by atoms with Gasteiger partial charge >= 0.3 is 25.0 Å². The van der Waals surface area contributed by atoms with E-state index >= 15 is 0 Å². The Balaban J connectivity index is 0. The number of aryl methyl sites for hydroxylation is 2. The number of nitrogens with one attached hydrogen (secondary N) is 1. The third-order valence-corrected chi connectivity index (χ3v) is 5.36. The van der Waals surface area contributed by atoms with Gasteiger partial charge in [0.2, 0.25) is 5.95 Å². The van der Waals surface area contributed by atoms with Crippen LogP contribution in [0.2, 0.25) is 0 Å². The number of nitrogens with two attached hydrogens (primary N) is 1. The summed E-state index contributed by atoms with van der Waals surface area (Å²) in [5, 5.41) is 45.8. The molecule has 2 aromatic rings. The Hall–Kier alpha value is -3.47. The normalized spacial score (nSPS) is 12.1. The monoisotopic (exact) mass is 602 g/mol. The second kappa shape index (κ2) is 18.7. The van der Waals surface area contributed by atoms with Gasteiger partial charge in [0.25, 0.3) is 10.0 Å². The Morgan fingerprint density at radius 3 is 1.57 bits per heavy atom. The van der Waals surface area contributed by atoms with Crippen molar-refractivity contribution < 1.29 is 33.7 Å². The SMILES string of the molecule is CC(=N/[O-])/C(C)=N\O.CC(=N/[O-])/C(C)=N\O.Cc1cc(C)nc(NS(=O)(=O)c2ccc(N)cc2)n1.[Cl][Co+2]. The molecule has 0 spiro atoms. The Morgan fingerprint density at radius 2 is 1.27 bits per heavy atom. The standard InChI is InChI=1S/C12H14N4O2S.2C4H8N2O2.ClH.Co/c1-8-7-9(2)15-12(14-8)16-19(17,18)11-5-3-10(13)4-6-11;2*1-3(5-7)4(2)6-8;;/h3-7H,13H2,1-2H3,(H,14,15,16);2*7-8H,1-2H3;1H;/q;;;;+3/p-3/b;2*5-3-,6-4-;;. The molecular weight excluding hydrogens is 575 g/mol. The van der Waals surface area contributed by atoms with Crippen LogP contribution in [0.5, 0.6) is 0 Å². The number of sulfonamides is 1.